The molecule has 2 aromatic rings. The van der Waals surface area contributed by atoms with Gasteiger partial charge in [-0.2, -0.15) is 0 Å². The lowest BCUT2D eigenvalue weighted by atomic mass is 10.3. The van der Waals surface area contributed by atoms with Crippen LogP contribution < -0.4 is 5.73 Å². The van der Waals surface area contributed by atoms with E-state index in [9.17, 15) is 4.79 Å². The molecule has 0 aliphatic carbocycles. The molecule has 0 saturated heterocycles. The third kappa shape index (κ3) is 3.36. The molecule has 6 heteroatoms. The predicted molar refractivity (Wildman–Crippen MR) is 75.8 cm³/mol. The lowest BCUT2D eigenvalue weighted by molar-refractivity contribution is -0.117. The fourth-order valence-corrected chi connectivity index (χ4v) is 2.63. The lowest BCUT2D eigenvalue weighted by Gasteiger charge is -2.07. The fourth-order valence-electron chi connectivity index (χ4n) is 1.44. The van der Waals surface area contributed by atoms with Crippen LogP contribution in [-0.4, -0.2) is 21.2 Å². The van der Waals surface area contributed by atoms with Crippen LogP contribution in [0.1, 0.15) is 6.42 Å². The van der Waals surface area contributed by atoms with Crippen molar-refractivity contribution >= 4 is 33.6 Å². The Morgan fingerprint density at radius 3 is 2.78 bits per heavy atom. The molecule has 0 atom stereocenters. The number of carbonyl (C=O) groups excluding carboxylic acids is 1. The number of nitrogens with two attached hydrogens (primary N) is 1. The highest BCUT2D eigenvalue weighted by Gasteiger charge is 2.06. The fraction of sp³-hybridized carbons (Fsp3) is 0.167. The minimum Gasteiger partial charge on any atom is -0.370 e. The molecule has 2 rings (SSSR count). The van der Waals surface area contributed by atoms with Crippen molar-refractivity contribution in [3.8, 4) is 5.69 Å². The smallest absolute Gasteiger partial charge is 0.218 e. The first-order valence-electron chi connectivity index (χ1n) is 5.37. The van der Waals surface area contributed by atoms with Crippen LogP contribution in [0.15, 0.2) is 46.3 Å². The predicted octanol–water partition coefficient (Wildman–Crippen LogP) is 2.60. The Morgan fingerprint density at radius 1 is 1.39 bits per heavy atom. The first kappa shape index (κ1) is 13.2. The molecule has 0 spiro atoms. The summed E-state index contributed by atoms with van der Waals surface area (Å²) >= 11 is 4.92. The molecule has 0 radical (unpaired) electrons. The van der Waals surface area contributed by atoms with Gasteiger partial charge in [-0.15, -0.1) is 0 Å². The molecule has 0 unspecified atom stereocenters. The number of amides is 1. The summed E-state index contributed by atoms with van der Waals surface area (Å²) < 4.78 is 3.02. The maximum absolute atomic E-state index is 10.7. The Morgan fingerprint density at radius 2 is 2.11 bits per heavy atom. The molecule has 1 aromatic heterocycles. The monoisotopic (exact) mass is 325 g/mol. The van der Waals surface area contributed by atoms with Gasteiger partial charge >= 0.3 is 0 Å². The average molecular weight is 326 g/mol. The van der Waals surface area contributed by atoms with E-state index in [1.807, 2.05) is 35.0 Å². The van der Waals surface area contributed by atoms with Crippen molar-refractivity contribution in [3.63, 3.8) is 0 Å². The summed E-state index contributed by atoms with van der Waals surface area (Å²) in [5, 5.41) is 0.860. The second kappa shape index (κ2) is 6.06. The zero-order chi connectivity index (χ0) is 13.0. The summed E-state index contributed by atoms with van der Waals surface area (Å²) in [7, 11) is 0. The molecule has 1 aromatic carbocycles. The normalized spacial score (nSPS) is 10.5. The van der Waals surface area contributed by atoms with E-state index in [1.54, 1.807) is 6.20 Å². The molecule has 0 saturated carbocycles. The summed E-state index contributed by atoms with van der Waals surface area (Å²) in [6, 6.07) is 7.97. The van der Waals surface area contributed by atoms with Gasteiger partial charge in [-0.25, -0.2) is 4.98 Å². The highest BCUT2D eigenvalue weighted by molar-refractivity contribution is 9.10. The van der Waals surface area contributed by atoms with Crippen molar-refractivity contribution in [1.82, 2.24) is 9.55 Å². The molecule has 0 bridgehead atoms. The van der Waals surface area contributed by atoms with E-state index < -0.39 is 0 Å². The minimum atomic E-state index is -0.288. The van der Waals surface area contributed by atoms with Crippen molar-refractivity contribution in [1.29, 1.82) is 0 Å². The molecule has 0 fully saturated rings. The van der Waals surface area contributed by atoms with Crippen LogP contribution in [0.2, 0.25) is 0 Å². The Kier molecular flexibility index (Phi) is 4.43. The molecule has 4 nitrogen and oxygen atoms in total. The summed E-state index contributed by atoms with van der Waals surface area (Å²) in [4.78, 5) is 15.0. The van der Waals surface area contributed by atoms with E-state index in [-0.39, 0.29) is 5.91 Å². The summed E-state index contributed by atoms with van der Waals surface area (Å²) in [6.07, 6.45) is 4.00. The van der Waals surface area contributed by atoms with Gasteiger partial charge in [0, 0.05) is 34.7 Å². The highest BCUT2D eigenvalue weighted by atomic mass is 79.9. The molecule has 1 heterocycles. The largest absolute Gasteiger partial charge is 0.370 e. The van der Waals surface area contributed by atoms with Gasteiger partial charge in [0.05, 0.1) is 0 Å². The van der Waals surface area contributed by atoms with E-state index in [2.05, 4.69) is 20.9 Å². The Hall–Kier alpha value is -1.27. The van der Waals surface area contributed by atoms with Crippen LogP contribution in [0.25, 0.3) is 5.69 Å². The number of carbonyl (C=O) groups is 1. The molecule has 0 aliphatic rings. The molecule has 94 valence electrons. The quantitative estimate of drug-likeness (QED) is 0.859. The van der Waals surface area contributed by atoms with E-state index in [4.69, 9.17) is 5.73 Å². The standard InChI is InChI=1S/C12H12BrN3OS/c13-9-1-3-10(4-2-9)16-7-6-15-12(16)18-8-5-11(14)17/h1-4,6-7H,5,8H2,(H2,14,17). The van der Waals surface area contributed by atoms with Crippen molar-refractivity contribution in [3.05, 3.63) is 41.1 Å². The summed E-state index contributed by atoms with van der Waals surface area (Å²) in [5.74, 6) is 0.354. The number of thioether (sulfide) groups is 1. The van der Waals surface area contributed by atoms with Crippen molar-refractivity contribution in [2.45, 2.75) is 11.6 Å². The molecule has 18 heavy (non-hydrogen) atoms. The van der Waals surface area contributed by atoms with Gasteiger partial charge in [0.25, 0.3) is 0 Å². The minimum absolute atomic E-state index is 0.288. The van der Waals surface area contributed by atoms with E-state index in [1.165, 1.54) is 11.8 Å². The van der Waals surface area contributed by atoms with Gasteiger partial charge in [-0.3, -0.25) is 9.36 Å². The maximum atomic E-state index is 10.7. The van der Waals surface area contributed by atoms with E-state index in [0.29, 0.717) is 12.2 Å². The SMILES string of the molecule is NC(=O)CCSc1nccn1-c1ccc(Br)cc1. The van der Waals surface area contributed by atoms with Crippen molar-refractivity contribution in [2.75, 3.05) is 5.75 Å². The number of benzene rings is 1. The third-order valence-corrected chi connectivity index (χ3v) is 3.79. The second-order valence-corrected chi connectivity index (χ2v) is 5.60. The molecular weight excluding hydrogens is 314 g/mol. The number of hydrogen-bond donors (Lipinski definition) is 1. The number of nitrogens with zero attached hydrogens (tertiary/aromatic N) is 2. The van der Waals surface area contributed by atoms with Gasteiger partial charge in [-0.05, 0) is 24.3 Å². The van der Waals surface area contributed by atoms with Crippen LogP contribution in [0.3, 0.4) is 0 Å². The van der Waals surface area contributed by atoms with Crippen LogP contribution in [0, 0.1) is 0 Å². The Bertz CT molecular complexity index is 539. The third-order valence-electron chi connectivity index (χ3n) is 2.29. The second-order valence-electron chi connectivity index (χ2n) is 3.62. The van der Waals surface area contributed by atoms with E-state index in [0.717, 1.165) is 15.3 Å². The van der Waals surface area contributed by atoms with Crippen LogP contribution >= 0.6 is 27.7 Å². The van der Waals surface area contributed by atoms with Gasteiger partial charge in [0.1, 0.15) is 0 Å². The average Bonchev–Trinajstić information content (AvgIpc) is 2.78. The van der Waals surface area contributed by atoms with Crippen molar-refractivity contribution < 1.29 is 4.79 Å². The first-order chi connectivity index (χ1) is 8.66. The van der Waals surface area contributed by atoms with Gasteiger partial charge < -0.3 is 5.73 Å². The Balaban J connectivity index is 2.12. The van der Waals surface area contributed by atoms with Gasteiger partial charge in [-0.1, -0.05) is 27.7 Å². The number of hydrogen-bond acceptors (Lipinski definition) is 3. The molecule has 1 amide bonds. The summed E-state index contributed by atoms with van der Waals surface area (Å²) in [6.45, 7) is 0. The van der Waals surface area contributed by atoms with Gasteiger partial charge in [0.2, 0.25) is 5.91 Å². The molecular formula is C12H12BrN3OS. The van der Waals surface area contributed by atoms with Crippen LogP contribution in [-0.2, 0) is 4.79 Å². The van der Waals surface area contributed by atoms with E-state index >= 15 is 0 Å². The topological polar surface area (TPSA) is 60.9 Å². The van der Waals surface area contributed by atoms with Gasteiger partial charge in [0.15, 0.2) is 5.16 Å². The number of rotatable bonds is 5. The maximum Gasteiger partial charge on any atom is 0.218 e. The van der Waals surface area contributed by atoms with Crippen LogP contribution in [0.5, 0.6) is 0 Å². The highest BCUT2D eigenvalue weighted by Crippen LogP contribution is 2.22. The number of aromatic nitrogens is 2. The number of halogens is 1. The van der Waals surface area contributed by atoms with Crippen molar-refractivity contribution in [2.24, 2.45) is 5.73 Å². The summed E-state index contributed by atoms with van der Waals surface area (Å²) in [5.41, 5.74) is 6.15. The Labute approximate surface area is 118 Å². The number of primary amides is 1. The first-order valence-corrected chi connectivity index (χ1v) is 7.15. The van der Waals surface area contributed by atoms with Crippen LogP contribution in [0.4, 0.5) is 0 Å². The molecule has 0 aliphatic heterocycles. The number of imidazole rings is 1. The zero-order valence-electron chi connectivity index (χ0n) is 9.54. The zero-order valence-corrected chi connectivity index (χ0v) is 11.9. The molecule has 2 N–H and O–H groups in total. The lowest BCUT2D eigenvalue weighted by Crippen LogP contribution is -2.11.